The van der Waals surface area contributed by atoms with Gasteiger partial charge in [-0.25, -0.2) is 0 Å². The molecule has 2 amide bonds. The smallest absolute Gasteiger partial charge is 0.263 e. The number of hydrogen-bond acceptors (Lipinski definition) is 4. The fourth-order valence-corrected chi connectivity index (χ4v) is 3.81. The molecule has 1 aromatic carbocycles. The molecular weight excluding hydrogens is 348 g/mol. The second kappa shape index (κ2) is 8.36. The Hall–Kier alpha value is -2.34. The van der Waals surface area contributed by atoms with E-state index in [0.29, 0.717) is 26.2 Å². The Morgan fingerprint density at radius 3 is 2.58 bits per heavy atom. The fourth-order valence-electron chi connectivity index (χ4n) is 3.12. The first kappa shape index (κ1) is 18.5. The molecule has 0 atom stereocenters. The standard InChI is InChI=1S/C20H24N2O3S/c1-15-6-7-17(16(2)13-15)25-14-19(23)21-8-4-9-22(11-10-21)20(24)18-5-3-12-26-18/h3,5-7,12-13H,4,8-11,14H2,1-2H3. The van der Waals surface area contributed by atoms with Crippen LogP contribution in [0, 0.1) is 13.8 Å². The minimum absolute atomic E-state index is 0.0305. The first-order chi connectivity index (χ1) is 12.5. The van der Waals surface area contributed by atoms with E-state index in [4.69, 9.17) is 4.74 Å². The molecule has 1 aliphatic heterocycles. The number of carbonyl (C=O) groups excluding carboxylic acids is 2. The minimum atomic E-state index is -0.0320. The minimum Gasteiger partial charge on any atom is -0.484 e. The lowest BCUT2D eigenvalue weighted by molar-refractivity contribution is -0.133. The third-order valence-electron chi connectivity index (χ3n) is 4.55. The summed E-state index contributed by atoms with van der Waals surface area (Å²) in [4.78, 5) is 29.4. The molecule has 0 radical (unpaired) electrons. The highest BCUT2D eigenvalue weighted by atomic mass is 32.1. The Morgan fingerprint density at radius 2 is 1.85 bits per heavy atom. The van der Waals surface area contributed by atoms with Crippen LogP contribution in [0.5, 0.6) is 5.75 Å². The quantitative estimate of drug-likeness (QED) is 0.829. The van der Waals surface area contributed by atoms with Crippen molar-refractivity contribution in [2.45, 2.75) is 20.3 Å². The summed E-state index contributed by atoms with van der Waals surface area (Å²) in [5.74, 6) is 0.768. The maximum Gasteiger partial charge on any atom is 0.263 e. The van der Waals surface area contributed by atoms with Crippen molar-refractivity contribution >= 4 is 23.2 Å². The number of nitrogens with zero attached hydrogens (tertiary/aromatic N) is 2. The molecule has 0 saturated carbocycles. The van der Waals surface area contributed by atoms with Gasteiger partial charge in [-0.1, -0.05) is 23.8 Å². The first-order valence-corrected chi connectivity index (χ1v) is 9.73. The zero-order valence-corrected chi connectivity index (χ0v) is 16.1. The van der Waals surface area contributed by atoms with Crippen molar-refractivity contribution in [3.8, 4) is 5.75 Å². The van der Waals surface area contributed by atoms with E-state index in [-0.39, 0.29) is 18.4 Å². The number of rotatable bonds is 4. The lowest BCUT2D eigenvalue weighted by Crippen LogP contribution is -2.39. The number of hydrogen-bond donors (Lipinski definition) is 0. The summed E-state index contributed by atoms with van der Waals surface area (Å²) in [6.45, 7) is 6.48. The normalized spacial score (nSPS) is 14.8. The van der Waals surface area contributed by atoms with Gasteiger partial charge in [-0.3, -0.25) is 9.59 Å². The van der Waals surface area contributed by atoms with Crippen LogP contribution in [0.4, 0.5) is 0 Å². The third kappa shape index (κ3) is 4.43. The van der Waals surface area contributed by atoms with Gasteiger partial charge in [0.2, 0.25) is 0 Å². The summed E-state index contributed by atoms with van der Waals surface area (Å²) < 4.78 is 5.71. The van der Waals surface area contributed by atoms with Crippen molar-refractivity contribution in [3.05, 3.63) is 51.7 Å². The van der Waals surface area contributed by atoms with Gasteiger partial charge in [-0.2, -0.15) is 0 Å². The molecule has 1 saturated heterocycles. The van der Waals surface area contributed by atoms with Gasteiger partial charge in [0.05, 0.1) is 4.88 Å². The van der Waals surface area contributed by atoms with Crippen LogP contribution in [-0.2, 0) is 4.79 Å². The highest BCUT2D eigenvalue weighted by Crippen LogP contribution is 2.19. The number of amides is 2. The second-order valence-electron chi connectivity index (χ2n) is 6.56. The van der Waals surface area contributed by atoms with Gasteiger partial charge in [-0.15, -0.1) is 11.3 Å². The number of carbonyl (C=O) groups is 2. The SMILES string of the molecule is Cc1ccc(OCC(=O)N2CCCN(C(=O)c3cccs3)CC2)c(C)c1. The largest absolute Gasteiger partial charge is 0.484 e. The fraction of sp³-hybridized carbons (Fsp3) is 0.400. The van der Waals surface area contributed by atoms with Gasteiger partial charge in [0.1, 0.15) is 5.75 Å². The number of ether oxygens (including phenoxy) is 1. The molecule has 138 valence electrons. The van der Waals surface area contributed by atoms with Crippen LogP contribution in [0.2, 0.25) is 0 Å². The highest BCUT2D eigenvalue weighted by molar-refractivity contribution is 7.12. The van der Waals surface area contributed by atoms with Gasteiger partial charge < -0.3 is 14.5 Å². The molecule has 0 N–H and O–H groups in total. The third-order valence-corrected chi connectivity index (χ3v) is 5.41. The van der Waals surface area contributed by atoms with Crippen molar-refractivity contribution in [1.82, 2.24) is 9.80 Å². The maximum absolute atomic E-state index is 12.5. The van der Waals surface area contributed by atoms with E-state index in [9.17, 15) is 9.59 Å². The Balaban J connectivity index is 1.53. The predicted molar refractivity (Wildman–Crippen MR) is 103 cm³/mol. The van der Waals surface area contributed by atoms with Crippen LogP contribution in [0.25, 0.3) is 0 Å². The van der Waals surface area contributed by atoms with Crippen LogP contribution in [0.3, 0.4) is 0 Å². The monoisotopic (exact) mass is 372 g/mol. The van der Waals surface area contributed by atoms with E-state index in [1.807, 2.05) is 54.5 Å². The molecule has 1 aromatic heterocycles. The maximum atomic E-state index is 12.5. The molecule has 5 nitrogen and oxygen atoms in total. The van der Waals surface area contributed by atoms with Crippen LogP contribution in [0.1, 0.15) is 27.2 Å². The van der Waals surface area contributed by atoms with Crippen LogP contribution in [-0.4, -0.2) is 54.4 Å². The van der Waals surface area contributed by atoms with E-state index in [2.05, 4.69) is 0 Å². The van der Waals surface area contributed by atoms with Crippen molar-refractivity contribution < 1.29 is 14.3 Å². The molecule has 0 unspecified atom stereocenters. The summed E-state index contributed by atoms with van der Waals surface area (Å²) >= 11 is 1.45. The molecule has 6 heteroatoms. The predicted octanol–water partition coefficient (Wildman–Crippen LogP) is 3.12. The molecular formula is C20H24N2O3S. The second-order valence-corrected chi connectivity index (χ2v) is 7.51. The molecule has 26 heavy (non-hydrogen) atoms. The van der Waals surface area contributed by atoms with Gasteiger partial charge >= 0.3 is 0 Å². The molecule has 2 heterocycles. The van der Waals surface area contributed by atoms with Crippen LogP contribution >= 0.6 is 11.3 Å². The lowest BCUT2D eigenvalue weighted by Gasteiger charge is -2.22. The Bertz CT molecular complexity index is 773. The van der Waals surface area contributed by atoms with Crippen molar-refractivity contribution in [3.63, 3.8) is 0 Å². The van der Waals surface area contributed by atoms with Crippen LogP contribution in [0.15, 0.2) is 35.7 Å². The average molecular weight is 372 g/mol. The Morgan fingerprint density at radius 1 is 1.08 bits per heavy atom. The van der Waals surface area contributed by atoms with Gasteiger partial charge in [0.25, 0.3) is 11.8 Å². The van der Waals surface area contributed by atoms with E-state index in [1.54, 1.807) is 4.90 Å². The van der Waals surface area contributed by atoms with E-state index in [0.717, 1.165) is 22.6 Å². The molecule has 1 fully saturated rings. The van der Waals surface area contributed by atoms with Crippen LogP contribution < -0.4 is 4.74 Å². The summed E-state index contributed by atoms with van der Waals surface area (Å²) in [7, 11) is 0. The lowest BCUT2D eigenvalue weighted by atomic mass is 10.1. The van der Waals surface area contributed by atoms with E-state index < -0.39 is 0 Å². The first-order valence-electron chi connectivity index (χ1n) is 8.85. The zero-order valence-electron chi connectivity index (χ0n) is 15.2. The summed E-state index contributed by atoms with van der Waals surface area (Å²) in [5, 5.41) is 1.91. The summed E-state index contributed by atoms with van der Waals surface area (Å²) in [6, 6.07) is 9.66. The van der Waals surface area contributed by atoms with Gasteiger partial charge in [0.15, 0.2) is 6.61 Å². The molecule has 0 aliphatic carbocycles. The van der Waals surface area contributed by atoms with Crippen molar-refractivity contribution in [2.24, 2.45) is 0 Å². The number of benzene rings is 1. The average Bonchev–Trinajstić information content (AvgIpc) is 3.04. The van der Waals surface area contributed by atoms with E-state index >= 15 is 0 Å². The topological polar surface area (TPSA) is 49.9 Å². The van der Waals surface area contributed by atoms with Gasteiger partial charge in [0, 0.05) is 26.2 Å². The van der Waals surface area contributed by atoms with Crippen molar-refractivity contribution in [2.75, 3.05) is 32.8 Å². The Kier molecular flexibility index (Phi) is 5.93. The number of aryl methyl sites for hydroxylation is 2. The van der Waals surface area contributed by atoms with Gasteiger partial charge in [-0.05, 0) is 43.3 Å². The van der Waals surface area contributed by atoms with Crippen molar-refractivity contribution in [1.29, 1.82) is 0 Å². The molecule has 2 aromatic rings. The molecule has 1 aliphatic rings. The highest BCUT2D eigenvalue weighted by Gasteiger charge is 2.23. The summed E-state index contributed by atoms with van der Waals surface area (Å²) in [6.07, 6.45) is 0.784. The zero-order chi connectivity index (χ0) is 18.5. The number of thiophene rings is 1. The van der Waals surface area contributed by atoms with E-state index in [1.165, 1.54) is 16.9 Å². The molecule has 0 bridgehead atoms. The molecule has 3 rings (SSSR count). The molecule has 0 spiro atoms. The Labute approximate surface area is 158 Å². The summed E-state index contributed by atoms with van der Waals surface area (Å²) in [5.41, 5.74) is 2.20.